The Bertz CT molecular complexity index is 641. The normalized spacial score (nSPS) is 12.2. The van der Waals surface area contributed by atoms with Crippen LogP contribution in [0.2, 0.25) is 0 Å². The molecule has 1 atom stereocenters. The van der Waals surface area contributed by atoms with E-state index in [-0.39, 0.29) is 17.5 Å². The van der Waals surface area contributed by atoms with Gasteiger partial charge in [-0.05, 0) is 47.9 Å². The Morgan fingerprint density at radius 2 is 1.75 bits per heavy atom. The summed E-state index contributed by atoms with van der Waals surface area (Å²) in [7, 11) is 0. The Balaban J connectivity index is 2.35. The van der Waals surface area contributed by atoms with E-state index in [0.717, 1.165) is 24.3 Å². The monoisotopic (exact) mass is 280 g/mol. The minimum Gasteiger partial charge on any atom is -0.481 e. The Morgan fingerprint density at radius 1 is 1.05 bits per heavy atom. The Labute approximate surface area is 113 Å². The predicted molar refractivity (Wildman–Crippen MR) is 66.8 cm³/mol. The van der Waals surface area contributed by atoms with Gasteiger partial charge in [0.25, 0.3) is 0 Å². The number of benzene rings is 2. The summed E-state index contributed by atoms with van der Waals surface area (Å²) >= 11 is 0. The van der Waals surface area contributed by atoms with E-state index in [1.807, 2.05) is 0 Å². The van der Waals surface area contributed by atoms with Crippen LogP contribution in [0.3, 0.4) is 0 Å². The van der Waals surface area contributed by atoms with Crippen LogP contribution >= 0.6 is 0 Å². The van der Waals surface area contributed by atoms with Gasteiger partial charge in [0.05, 0.1) is 5.92 Å². The molecule has 1 unspecified atom stereocenters. The topological polar surface area (TPSA) is 37.3 Å². The van der Waals surface area contributed by atoms with Crippen LogP contribution in [0.5, 0.6) is 0 Å². The highest BCUT2D eigenvalue weighted by molar-refractivity contribution is 5.76. The van der Waals surface area contributed by atoms with Gasteiger partial charge in [-0.2, -0.15) is 0 Å². The van der Waals surface area contributed by atoms with Crippen LogP contribution in [0.4, 0.5) is 13.2 Å². The smallest absolute Gasteiger partial charge is 0.311 e. The molecular weight excluding hydrogens is 269 g/mol. The zero-order valence-electron chi connectivity index (χ0n) is 10.3. The maximum atomic E-state index is 13.6. The van der Waals surface area contributed by atoms with Gasteiger partial charge in [0.1, 0.15) is 17.5 Å². The fourth-order valence-corrected chi connectivity index (χ4v) is 1.99. The molecule has 0 aromatic heterocycles. The molecule has 2 aromatic rings. The van der Waals surface area contributed by atoms with Gasteiger partial charge in [-0.15, -0.1) is 0 Å². The highest BCUT2D eigenvalue weighted by Gasteiger charge is 2.22. The lowest BCUT2D eigenvalue weighted by Crippen LogP contribution is -2.15. The highest BCUT2D eigenvalue weighted by Crippen LogP contribution is 2.24. The summed E-state index contributed by atoms with van der Waals surface area (Å²) in [6.45, 7) is 0. The van der Waals surface area contributed by atoms with Crippen molar-refractivity contribution in [3.8, 4) is 0 Å². The van der Waals surface area contributed by atoms with Crippen molar-refractivity contribution in [3.63, 3.8) is 0 Å². The van der Waals surface area contributed by atoms with Gasteiger partial charge in [-0.3, -0.25) is 4.79 Å². The van der Waals surface area contributed by atoms with Crippen molar-refractivity contribution < 1.29 is 23.1 Å². The number of hydrogen-bond acceptors (Lipinski definition) is 1. The molecule has 0 aliphatic rings. The van der Waals surface area contributed by atoms with E-state index in [0.29, 0.717) is 0 Å². The van der Waals surface area contributed by atoms with Crippen molar-refractivity contribution in [2.24, 2.45) is 0 Å². The molecule has 0 spiro atoms. The first-order valence-corrected chi connectivity index (χ1v) is 5.89. The number of carboxylic acids is 1. The molecule has 104 valence electrons. The molecule has 2 rings (SSSR count). The van der Waals surface area contributed by atoms with Crippen molar-refractivity contribution >= 4 is 5.97 Å². The average molecular weight is 280 g/mol. The second-order valence-electron chi connectivity index (χ2n) is 4.39. The third-order valence-electron chi connectivity index (χ3n) is 2.98. The summed E-state index contributed by atoms with van der Waals surface area (Å²) in [4.78, 5) is 11.3. The van der Waals surface area contributed by atoms with Gasteiger partial charge < -0.3 is 5.11 Å². The molecule has 0 saturated carbocycles. The summed E-state index contributed by atoms with van der Waals surface area (Å²) in [6.07, 6.45) is -0.248. The van der Waals surface area contributed by atoms with Crippen LogP contribution in [0, 0.1) is 17.5 Å². The van der Waals surface area contributed by atoms with Gasteiger partial charge in [-0.25, -0.2) is 13.2 Å². The second kappa shape index (κ2) is 5.77. The fraction of sp³-hybridized carbons (Fsp3) is 0.133. The van der Waals surface area contributed by atoms with E-state index >= 15 is 0 Å². The molecule has 0 heterocycles. The maximum absolute atomic E-state index is 13.6. The summed E-state index contributed by atoms with van der Waals surface area (Å²) in [5.41, 5.74) is 0.155. The summed E-state index contributed by atoms with van der Waals surface area (Å²) in [6, 6.07) is 7.93. The van der Waals surface area contributed by atoms with Gasteiger partial charge >= 0.3 is 5.97 Å². The lowest BCUT2D eigenvalue weighted by Gasteiger charge is -2.13. The summed E-state index contributed by atoms with van der Waals surface area (Å²) in [5.74, 6) is -4.27. The standard InChI is InChI=1S/C15H11F3O2/c16-11-3-1-2-9(6-11)13(15(19)20)8-10-7-12(17)4-5-14(10)18/h1-7,13H,8H2,(H,19,20). The molecule has 0 amide bonds. The lowest BCUT2D eigenvalue weighted by molar-refractivity contribution is -0.138. The molecule has 0 radical (unpaired) electrons. The minimum atomic E-state index is -1.22. The fourth-order valence-electron chi connectivity index (χ4n) is 1.99. The van der Waals surface area contributed by atoms with Gasteiger partial charge in [0, 0.05) is 0 Å². The third-order valence-corrected chi connectivity index (χ3v) is 2.98. The van der Waals surface area contributed by atoms with E-state index in [1.54, 1.807) is 0 Å². The van der Waals surface area contributed by atoms with Crippen LogP contribution in [0.1, 0.15) is 17.0 Å². The Kier molecular flexibility index (Phi) is 4.08. The second-order valence-corrected chi connectivity index (χ2v) is 4.39. The van der Waals surface area contributed by atoms with E-state index in [9.17, 15) is 23.1 Å². The zero-order valence-corrected chi connectivity index (χ0v) is 10.3. The molecule has 2 aromatic carbocycles. The molecule has 0 aliphatic heterocycles. The number of hydrogen-bond donors (Lipinski definition) is 1. The van der Waals surface area contributed by atoms with Gasteiger partial charge in [0.2, 0.25) is 0 Å². The summed E-state index contributed by atoms with van der Waals surface area (Å²) in [5, 5.41) is 9.20. The van der Waals surface area contributed by atoms with Crippen molar-refractivity contribution in [2.75, 3.05) is 0 Å². The molecular formula is C15H11F3O2. The van der Waals surface area contributed by atoms with E-state index in [4.69, 9.17) is 0 Å². The molecule has 20 heavy (non-hydrogen) atoms. The van der Waals surface area contributed by atoms with Crippen LogP contribution in [-0.4, -0.2) is 11.1 Å². The number of halogens is 3. The van der Waals surface area contributed by atoms with Crippen LogP contribution in [0.25, 0.3) is 0 Å². The van der Waals surface area contributed by atoms with E-state index < -0.39 is 29.3 Å². The van der Waals surface area contributed by atoms with Crippen molar-refractivity contribution in [1.82, 2.24) is 0 Å². The van der Waals surface area contributed by atoms with Crippen molar-refractivity contribution in [2.45, 2.75) is 12.3 Å². The third kappa shape index (κ3) is 3.17. The Morgan fingerprint density at radius 3 is 2.40 bits per heavy atom. The Hall–Kier alpha value is -2.30. The molecule has 0 fully saturated rings. The van der Waals surface area contributed by atoms with E-state index in [2.05, 4.69) is 0 Å². The molecule has 0 aliphatic carbocycles. The molecule has 0 bridgehead atoms. The van der Waals surface area contributed by atoms with E-state index in [1.165, 1.54) is 18.2 Å². The SMILES string of the molecule is O=C(O)C(Cc1cc(F)ccc1F)c1cccc(F)c1. The van der Waals surface area contributed by atoms with Crippen LogP contribution in [0.15, 0.2) is 42.5 Å². The highest BCUT2D eigenvalue weighted by atomic mass is 19.1. The first-order valence-electron chi connectivity index (χ1n) is 5.89. The molecule has 1 N–H and O–H groups in total. The van der Waals surface area contributed by atoms with Crippen LogP contribution < -0.4 is 0 Å². The quantitative estimate of drug-likeness (QED) is 0.930. The van der Waals surface area contributed by atoms with Gasteiger partial charge in [-0.1, -0.05) is 12.1 Å². The molecule has 2 nitrogen and oxygen atoms in total. The van der Waals surface area contributed by atoms with Gasteiger partial charge in [0.15, 0.2) is 0 Å². The number of carbonyl (C=O) groups is 1. The average Bonchev–Trinajstić information content (AvgIpc) is 2.39. The number of carboxylic acid groups (broad SMARTS) is 1. The zero-order chi connectivity index (χ0) is 14.7. The van der Waals surface area contributed by atoms with Crippen LogP contribution in [-0.2, 0) is 11.2 Å². The predicted octanol–water partition coefficient (Wildman–Crippen LogP) is 3.51. The number of aliphatic carboxylic acids is 1. The lowest BCUT2D eigenvalue weighted by atomic mass is 9.92. The first kappa shape index (κ1) is 14.1. The first-order chi connectivity index (χ1) is 9.47. The van der Waals surface area contributed by atoms with Crippen molar-refractivity contribution in [3.05, 3.63) is 71.0 Å². The molecule has 0 saturated heterocycles. The minimum absolute atomic E-state index is 0.0540. The largest absolute Gasteiger partial charge is 0.481 e. The summed E-state index contributed by atoms with van der Waals surface area (Å²) < 4.78 is 39.8. The maximum Gasteiger partial charge on any atom is 0.311 e. The molecule has 5 heteroatoms. The van der Waals surface area contributed by atoms with Crippen molar-refractivity contribution in [1.29, 1.82) is 0 Å². The number of rotatable bonds is 4.